The molecule has 1 aliphatic rings. The minimum atomic E-state index is -0.237. The molecular formula is C14H16N2O2. The molecule has 0 saturated carbocycles. The molecule has 4 nitrogen and oxygen atoms in total. The lowest BCUT2D eigenvalue weighted by atomic mass is 10.1. The third kappa shape index (κ3) is 2.14. The van der Waals surface area contributed by atoms with E-state index in [1.165, 1.54) is 7.05 Å². The van der Waals surface area contributed by atoms with E-state index in [1.807, 2.05) is 13.0 Å². The molecule has 0 saturated heterocycles. The molecule has 18 heavy (non-hydrogen) atoms. The van der Waals surface area contributed by atoms with Gasteiger partial charge in [0.15, 0.2) is 0 Å². The van der Waals surface area contributed by atoms with Crippen LogP contribution in [0.4, 0.5) is 5.69 Å². The highest BCUT2D eigenvalue weighted by atomic mass is 16.2. The SMILES string of the molecule is C=C(C)CCNc1ccc2c(c1)C(=O)N(C)C2=O. The summed E-state index contributed by atoms with van der Waals surface area (Å²) in [5.74, 6) is -0.470. The summed E-state index contributed by atoms with van der Waals surface area (Å²) in [6, 6.07) is 5.25. The minimum Gasteiger partial charge on any atom is -0.385 e. The smallest absolute Gasteiger partial charge is 0.261 e. The molecule has 2 rings (SSSR count). The van der Waals surface area contributed by atoms with Crippen molar-refractivity contribution in [3.05, 3.63) is 41.5 Å². The van der Waals surface area contributed by atoms with Crippen LogP contribution in [-0.2, 0) is 0 Å². The summed E-state index contributed by atoms with van der Waals surface area (Å²) in [4.78, 5) is 24.6. The van der Waals surface area contributed by atoms with E-state index in [2.05, 4.69) is 11.9 Å². The van der Waals surface area contributed by atoms with Gasteiger partial charge in [0.2, 0.25) is 0 Å². The van der Waals surface area contributed by atoms with Crippen LogP contribution in [0.5, 0.6) is 0 Å². The lowest BCUT2D eigenvalue weighted by Crippen LogP contribution is -2.24. The molecule has 0 spiro atoms. The van der Waals surface area contributed by atoms with Crippen LogP contribution in [0.25, 0.3) is 0 Å². The number of anilines is 1. The normalized spacial score (nSPS) is 13.8. The number of carbonyl (C=O) groups is 2. The molecule has 0 unspecified atom stereocenters. The summed E-state index contributed by atoms with van der Waals surface area (Å²) in [5, 5.41) is 3.21. The van der Waals surface area contributed by atoms with Crippen LogP contribution < -0.4 is 5.32 Å². The largest absolute Gasteiger partial charge is 0.385 e. The van der Waals surface area contributed by atoms with Crippen molar-refractivity contribution in [1.82, 2.24) is 4.90 Å². The Labute approximate surface area is 106 Å². The van der Waals surface area contributed by atoms with E-state index in [0.717, 1.165) is 29.1 Å². The van der Waals surface area contributed by atoms with Gasteiger partial charge in [-0.15, -0.1) is 6.58 Å². The van der Waals surface area contributed by atoms with Crippen LogP contribution in [0.1, 0.15) is 34.1 Å². The summed E-state index contributed by atoms with van der Waals surface area (Å²) in [6.07, 6.45) is 0.879. The lowest BCUT2D eigenvalue weighted by Gasteiger charge is -2.07. The summed E-state index contributed by atoms with van der Waals surface area (Å²) >= 11 is 0. The van der Waals surface area contributed by atoms with Crippen molar-refractivity contribution in [3.63, 3.8) is 0 Å². The molecule has 0 radical (unpaired) electrons. The fraction of sp³-hybridized carbons (Fsp3) is 0.286. The van der Waals surface area contributed by atoms with E-state index in [4.69, 9.17) is 0 Å². The van der Waals surface area contributed by atoms with Crippen LogP contribution in [0.2, 0.25) is 0 Å². The van der Waals surface area contributed by atoms with E-state index < -0.39 is 0 Å². The molecule has 0 aliphatic carbocycles. The van der Waals surface area contributed by atoms with Crippen molar-refractivity contribution >= 4 is 17.5 Å². The molecule has 4 heteroatoms. The summed E-state index contributed by atoms with van der Waals surface area (Å²) < 4.78 is 0. The Morgan fingerprint density at radius 2 is 1.94 bits per heavy atom. The fourth-order valence-electron chi connectivity index (χ4n) is 1.89. The maximum absolute atomic E-state index is 11.8. The molecule has 0 fully saturated rings. The van der Waals surface area contributed by atoms with Gasteiger partial charge >= 0.3 is 0 Å². The molecule has 1 aliphatic heterocycles. The zero-order valence-corrected chi connectivity index (χ0v) is 10.6. The van der Waals surface area contributed by atoms with Crippen LogP contribution in [0, 0.1) is 0 Å². The first-order valence-electron chi connectivity index (χ1n) is 5.85. The van der Waals surface area contributed by atoms with Gasteiger partial charge in [-0.3, -0.25) is 14.5 Å². The van der Waals surface area contributed by atoms with Gasteiger partial charge in [0, 0.05) is 19.3 Å². The van der Waals surface area contributed by atoms with Gasteiger partial charge in [-0.05, 0) is 31.5 Å². The van der Waals surface area contributed by atoms with Crippen LogP contribution >= 0.6 is 0 Å². The average Bonchev–Trinajstić information content (AvgIpc) is 2.54. The molecule has 2 amide bonds. The van der Waals surface area contributed by atoms with E-state index in [0.29, 0.717) is 11.1 Å². The molecular weight excluding hydrogens is 228 g/mol. The summed E-state index contributed by atoms with van der Waals surface area (Å²) in [7, 11) is 1.50. The Morgan fingerprint density at radius 1 is 1.28 bits per heavy atom. The van der Waals surface area contributed by atoms with Crippen molar-refractivity contribution in [2.75, 3.05) is 18.9 Å². The Kier molecular flexibility index (Phi) is 3.19. The Balaban J connectivity index is 2.16. The second kappa shape index (κ2) is 4.64. The van der Waals surface area contributed by atoms with Crippen molar-refractivity contribution < 1.29 is 9.59 Å². The summed E-state index contributed by atoms with van der Waals surface area (Å²) in [5.41, 5.74) is 2.91. The van der Waals surface area contributed by atoms with E-state index in [1.54, 1.807) is 12.1 Å². The molecule has 1 N–H and O–H groups in total. The molecule has 0 aromatic heterocycles. The van der Waals surface area contributed by atoms with Crippen LogP contribution in [-0.4, -0.2) is 30.3 Å². The number of hydrogen-bond donors (Lipinski definition) is 1. The van der Waals surface area contributed by atoms with Crippen molar-refractivity contribution in [3.8, 4) is 0 Å². The predicted molar refractivity (Wildman–Crippen MR) is 70.8 cm³/mol. The number of nitrogens with zero attached hydrogens (tertiary/aromatic N) is 1. The highest BCUT2D eigenvalue weighted by molar-refractivity contribution is 6.21. The molecule has 0 atom stereocenters. The minimum absolute atomic E-state index is 0.233. The first-order valence-corrected chi connectivity index (χ1v) is 5.85. The van der Waals surface area contributed by atoms with Crippen LogP contribution in [0.15, 0.2) is 30.4 Å². The van der Waals surface area contributed by atoms with E-state index in [9.17, 15) is 9.59 Å². The number of hydrogen-bond acceptors (Lipinski definition) is 3. The quantitative estimate of drug-likeness (QED) is 0.653. The second-order valence-corrected chi connectivity index (χ2v) is 4.56. The highest BCUT2D eigenvalue weighted by Crippen LogP contribution is 2.24. The van der Waals surface area contributed by atoms with Gasteiger partial charge < -0.3 is 5.32 Å². The number of benzene rings is 1. The Morgan fingerprint density at radius 3 is 2.61 bits per heavy atom. The number of fused-ring (bicyclic) bond motifs is 1. The van der Waals surface area contributed by atoms with Crippen molar-refractivity contribution in [2.45, 2.75) is 13.3 Å². The third-order valence-electron chi connectivity index (χ3n) is 2.97. The van der Waals surface area contributed by atoms with Crippen molar-refractivity contribution in [1.29, 1.82) is 0 Å². The molecule has 94 valence electrons. The molecule has 1 aromatic carbocycles. The number of carbonyl (C=O) groups excluding carboxylic acids is 2. The second-order valence-electron chi connectivity index (χ2n) is 4.56. The van der Waals surface area contributed by atoms with E-state index >= 15 is 0 Å². The number of amides is 2. The van der Waals surface area contributed by atoms with Crippen LogP contribution in [0.3, 0.4) is 0 Å². The topological polar surface area (TPSA) is 49.4 Å². The number of imide groups is 1. The standard InChI is InChI=1S/C14H16N2O2/c1-9(2)6-7-15-10-4-5-11-12(8-10)14(18)16(3)13(11)17/h4-5,8,15H,1,6-7H2,2-3H3. The summed E-state index contributed by atoms with van der Waals surface area (Å²) in [6.45, 7) is 6.57. The zero-order valence-electron chi connectivity index (χ0n) is 10.6. The molecule has 0 bridgehead atoms. The third-order valence-corrected chi connectivity index (χ3v) is 2.97. The molecule has 1 heterocycles. The monoisotopic (exact) mass is 244 g/mol. The van der Waals surface area contributed by atoms with E-state index in [-0.39, 0.29) is 11.8 Å². The van der Waals surface area contributed by atoms with Gasteiger partial charge in [-0.1, -0.05) is 5.57 Å². The highest BCUT2D eigenvalue weighted by Gasteiger charge is 2.32. The Hall–Kier alpha value is -2.10. The average molecular weight is 244 g/mol. The van der Waals surface area contributed by atoms with Gasteiger partial charge in [0.1, 0.15) is 0 Å². The first-order chi connectivity index (χ1) is 8.50. The van der Waals surface area contributed by atoms with Gasteiger partial charge in [-0.2, -0.15) is 0 Å². The number of rotatable bonds is 4. The fourth-order valence-corrected chi connectivity index (χ4v) is 1.89. The predicted octanol–water partition coefficient (Wildman–Crippen LogP) is 2.29. The Bertz CT molecular complexity index is 535. The number of nitrogens with one attached hydrogen (secondary N) is 1. The molecule has 1 aromatic rings. The van der Waals surface area contributed by atoms with Crippen molar-refractivity contribution in [2.24, 2.45) is 0 Å². The zero-order chi connectivity index (χ0) is 13.3. The maximum atomic E-state index is 11.8. The maximum Gasteiger partial charge on any atom is 0.261 e. The first kappa shape index (κ1) is 12.4. The lowest BCUT2D eigenvalue weighted by molar-refractivity contribution is 0.0693. The van der Waals surface area contributed by atoms with Gasteiger partial charge in [0.05, 0.1) is 11.1 Å². The van der Waals surface area contributed by atoms with Gasteiger partial charge in [-0.25, -0.2) is 0 Å². The van der Waals surface area contributed by atoms with Gasteiger partial charge in [0.25, 0.3) is 11.8 Å².